The highest BCUT2D eigenvalue weighted by molar-refractivity contribution is 7.01. The van der Waals surface area contributed by atoms with Crippen LogP contribution in [0.15, 0.2) is 23.3 Å². The molecule has 0 aliphatic carbocycles. The van der Waals surface area contributed by atoms with Crippen LogP contribution < -0.4 is 5.43 Å². The first kappa shape index (κ1) is 14.3. The zero-order valence-electron chi connectivity index (χ0n) is 8.01. The highest BCUT2D eigenvalue weighted by atomic mass is 35.5. The van der Waals surface area contributed by atoms with Crippen molar-refractivity contribution < 1.29 is 9.59 Å². The molecule has 0 amide bonds. The molecule has 90 valence electrons. The monoisotopic (exact) mass is 312 g/mol. The third-order valence-electron chi connectivity index (χ3n) is 1.59. The molecule has 1 rings (SSSR count). The molecule has 0 bridgehead atoms. The number of benzene rings is 1. The van der Waals surface area contributed by atoms with Crippen molar-refractivity contribution >= 4 is 68.3 Å². The summed E-state index contributed by atoms with van der Waals surface area (Å²) in [6.45, 7) is 0. The molecular weight excluding hydrogens is 310 g/mol. The number of anilines is 1. The van der Waals surface area contributed by atoms with Crippen LogP contribution in [0.1, 0.15) is 0 Å². The molecule has 0 radical (unpaired) electrons. The summed E-state index contributed by atoms with van der Waals surface area (Å²) in [4.78, 5) is 21.6. The predicted molar refractivity (Wildman–Crippen MR) is 69.2 cm³/mol. The number of hydrogen-bond donors (Lipinski definition) is 1. The van der Waals surface area contributed by atoms with E-state index in [0.29, 0.717) is 10.7 Å². The molecule has 0 unspecified atom stereocenters. The highest BCUT2D eigenvalue weighted by Gasteiger charge is 2.16. The van der Waals surface area contributed by atoms with Gasteiger partial charge in [-0.2, -0.15) is 5.10 Å². The molecule has 8 heteroatoms. The standard InChI is InChI=1S/C9H4Cl4N2O2/c10-4-1-2-6(5(11)3-4)14-15-7(8(12)16)9(13)17/h1-3,14H. The van der Waals surface area contributed by atoms with Gasteiger partial charge in [0.2, 0.25) is 5.71 Å². The fourth-order valence-corrected chi connectivity index (χ4v) is 1.62. The first-order chi connectivity index (χ1) is 7.91. The Bertz CT molecular complexity index is 486. The van der Waals surface area contributed by atoms with Crippen molar-refractivity contribution in [2.45, 2.75) is 0 Å². The Kier molecular flexibility index (Phi) is 5.21. The Morgan fingerprint density at radius 1 is 1.12 bits per heavy atom. The smallest absolute Gasteiger partial charge is 0.276 e. The summed E-state index contributed by atoms with van der Waals surface area (Å²) >= 11 is 21.7. The molecule has 0 aromatic heterocycles. The van der Waals surface area contributed by atoms with Crippen molar-refractivity contribution in [1.82, 2.24) is 0 Å². The summed E-state index contributed by atoms with van der Waals surface area (Å²) in [5, 5.41) is 2.03. The van der Waals surface area contributed by atoms with E-state index in [4.69, 9.17) is 46.4 Å². The number of nitrogens with one attached hydrogen (secondary N) is 1. The van der Waals surface area contributed by atoms with Crippen LogP contribution in [0.4, 0.5) is 5.69 Å². The van der Waals surface area contributed by atoms with E-state index in [1.165, 1.54) is 12.1 Å². The van der Waals surface area contributed by atoms with Gasteiger partial charge in [-0.25, -0.2) is 0 Å². The highest BCUT2D eigenvalue weighted by Crippen LogP contribution is 2.25. The fourth-order valence-electron chi connectivity index (χ4n) is 0.861. The molecule has 0 aliphatic rings. The van der Waals surface area contributed by atoms with Gasteiger partial charge in [0.25, 0.3) is 10.5 Å². The second-order valence-electron chi connectivity index (χ2n) is 2.74. The van der Waals surface area contributed by atoms with Crippen LogP contribution in [0.5, 0.6) is 0 Å². The van der Waals surface area contributed by atoms with Gasteiger partial charge >= 0.3 is 0 Å². The van der Waals surface area contributed by atoms with Gasteiger partial charge in [-0.15, -0.1) is 0 Å². The van der Waals surface area contributed by atoms with Crippen molar-refractivity contribution in [3.63, 3.8) is 0 Å². The van der Waals surface area contributed by atoms with E-state index in [-0.39, 0.29) is 5.02 Å². The van der Waals surface area contributed by atoms with E-state index < -0.39 is 16.2 Å². The van der Waals surface area contributed by atoms with Crippen LogP contribution in [0.3, 0.4) is 0 Å². The topological polar surface area (TPSA) is 58.5 Å². The molecule has 1 aromatic rings. The third-order valence-corrected chi connectivity index (χ3v) is 2.50. The van der Waals surface area contributed by atoms with E-state index in [2.05, 4.69) is 10.5 Å². The van der Waals surface area contributed by atoms with Crippen molar-refractivity contribution in [2.24, 2.45) is 5.10 Å². The van der Waals surface area contributed by atoms with Crippen LogP contribution in [0, 0.1) is 0 Å². The molecule has 0 saturated heterocycles. The Labute approximate surface area is 116 Å². The third kappa shape index (κ3) is 4.16. The lowest BCUT2D eigenvalue weighted by atomic mass is 10.3. The molecule has 17 heavy (non-hydrogen) atoms. The second kappa shape index (κ2) is 6.21. The molecule has 0 spiro atoms. The quantitative estimate of drug-likeness (QED) is 0.401. The molecule has 0 saturated carbocycles. The lowest BCUT2D eigenvalue weighted by Gasteiger charge is -2.03. The fraction of sp³-hybridized carbons (Fsp3) is 0. The van der Waals surface area contributed by atoms with Crippen molar-refractivity contribution in [1.29, 1.82) is 0 Å². The summed E-state index contributed by atoms with van der Waals surface area (Å²) in [6, 6.07) is 4.53. The zero-order valence-corrected chi connectivity index (χ0v) is 11.0. The van der Waals surface area contributed by atoms with Gasteiger partial charge in [0.05, 0.1) is 10.7 Å². The number of halogens is 4. The molecule has 0 aliphatic heterocycles. The van der Waals surface area contributed by atoms with E-state index in [9.17, 15) is 9.59 Å². The van der Waals surface area contributed by atoms with Crippen LogP contribution in [0.25, 0.3) is 0 Å². The molecule has 1 aromatic carbocycles. The first-order valence-electron chi connectivity index (χ1n) is 4.10. The minimum Gasteiger partial charge on any atom is -0.276 e. The van der Waals surface area contributed by atoms with E-state index in [1.807, 2.05) is 0 Å². The van der Waals surface area contributed by atoms with Gasteiger partial charge in [-0.05, 0) is 41.4 Å². The number of rotatable bonds is 4. The summed E-state index contributed by atoms with van der Waals surface area (Å²) in [5.41, 5.74) is 2.12. The number of hydrazone groups is 1. The molecule has 4 nitrogen and oxygen atoms in total. The summed E-state index contributed by atoms with van der Waals surface area (Å²) in [5.74, 6) is 0. The summed E-state index contributed by atoms with van der Waals surface area (Å²) in [7, 11) is 0. The maximum Gasteiger partial charge on any atom is 0.277 e. The van der Waals surface area contributed by atoms with E-state index >= 15 is 0 Å². The maximum atomic E-state index is 10.8. The molecule has 1 N–H and O–H groups in total. The van der Waals surface area contributed by atoms with Crippen LogP contribution >= 0.6 is 46.4 Å². The normalized spacial score (nSPS) is 9.65. The Hall–Kier alpha value is -0.810. The SMILES string of the molecule is O=C(Cl)C(=NNc1ccc(Cl)cc1Cl)C(=O)Cl. The average molecular weight is 314 g/mol. The second-order valence-corrected chi connectivity index (χ2v) is 4.27. The maximum absolute atomic E-state index is 10.8. The summed E-state index contributed by atoms with van der Waals surface area (Å²) < 4.78 is 0. The van der Waals surface area contributed by atoms with Crippen molar-refractivity contribution in [3.05, 3.63) is 28.2 Å². The van der Waals surface area contributed by atoms with Gasteiger partial charge in [-0.1, -0.05) is 23.2 Å². The Morgan fingerprint density at radius 3 is 2.18 bits per heavy atom. The molecule has 0 heterocycles. The number of carbonyl (C=O) groups excluding carboxylic acids is 2. The minimum absolute atomic E-state index is 0.268. The van der Waals surface area contributed by atoms with Gasteiger partial charge in [0.1, 0.15) is 0 Å². The van der Waals surface area contributed by atoms with Crippen LogP contribution in [0.2, 0.25) is 10.0 Å². The van der Waals surface area contributed by atoms with Crippen LogP contribution in [-0.4, -0.2) is 16.2 Å². The molecule has 0 fully saturated rings. The lowest BCUT2D eigenvalue weighted by molar-refractivity contribution is -0.109. The number of hydrogen-bond acceptors (Lipinski definition) is 4. The van der Waals surface area contributed by atoms with Gasteiger partial charge in [0.15, 0.2) is 0 Å². The van der Waals surface area contributed by atoms with Crippen LogP contribution in [-0.2, 0) is 9.59 Å². The first-order valence-corrected chi connectivity index (χ1v) is 5.61. The van der Waals surface area contributed by atoms with Gasteiger partial charge < -0.3 is 0 Å². The predicted octanol–water partition coefficient (Wildman–Crippen LogP) is 3.29. The van der Waals surface area contributed by atoms with Gasteiger partial charge in [0, 0.05) is 5.02 Å². The van der Waals surface area contributed by atoms with E-state index in [1.54, 1.807) is 6.07 Å². The van der Waals surface area contributed by atoms with Crippen molar-refractivity contribution in [3.8, 4) is 0 Å². The van der Waals surface area contributed by atoms with E-state index in [0.717, 1.165) is 0 Å². The lowest BCUT2D eigenvalue weighted by Crippen LogP contribution is -2.17. The zero-order chi connectivity index (χ0) is 13.0. The number of carbonyl (C=O) groups is 2. The largest absolute Gasteiger partial charge is 0.277 e. The average Bonchev–Trinajstić information content (AvgIpc) is 2.20. The van der Waals surface area contributed by atoms with Crippen molar-refractivity contribution in [2.75, 3.05) is 5.43 Å². The Balaban J connectivity index is 2.95. The summed E-state index contributed by atoms with van der Waals surface area (Å²) in [6.07, 6.45) is 0. The molecular formula is C9H4Cl4N2O2. The van der Waals surface area contributed by atoms with Gasteiger partial charge in [-0.3, -0.25) is 15.0 Å². The molecule has 0 atom stereocenters. The Morgan fingerprint density at radius 2 is 1.71 bits per heavy atom. The number of nitrogens with zero attached hydrogens (tertiary/aromatic N) is 1. The minimum atomic E-state index is -1.07.